The van der Waals surface area contributed by atoms with Gasteiger partial charge in [0.2, 0.25) is 0 Å². The van der Waals surface area contributed by atoms with Crippen LogP contribution in [-0.4, -0.2) is 17.7 Å². The van der Waals surface area contributed by atoms with Gasteiger partial charge in [0, 0.05) is 12.0 Å². The lowest BCUT2D eigenvalue weighted by molar-refractivity contribution is 0.0489. The maximum atomic E-state index is 11.5. The van der Waals surface area contributed by atoms with E-state index in [-0.39, 0.29) is 18.1 Å². The van der Waals surface area contributed by atoms with E-state index in [1.54, 1.807) is 0 Å². The third kappa shape index (κ3) is 4.52. The molecule has 16 heavy (non-hydrogen) atoms. The van der Waals surface area contributed by atoms with E-state index >= 15 is 0 Å². The van der Waals surface area contributed by atoms with Crippen LogP contribution in [0.3, 0.4) is 0 Å². The van der Waals surface area contributed by atoms with Crippen LogP contribution < -0.4 is 5.32 Å². The van der Waals surface area contributed by atoms with Crippen molar-refractivity contribution in [2.45, 2.75) is 58.1 Å². The topological polar surface area (TPSA) is 62.1 Å². The molecule has 0 aromatic heterocycles. The van der Waals surface area contributed by atoms with Crippen LogP contribution in [0.15, 0.2) is 0 Å². The summed E-state index contributed by atoms with van der Waals surface area (Å²) in [4.78, 5) is 11.5. The van der Waals surface area contributed by atoms with E-state index < -0.39 is 5.60 Å². The van der Waals surface area contributed by atoms with Gasteiger partial charge in [0.1, 0.15) is 5.60 Å². The summed E-state index contributed by atoms with van der Waals surface area (Å²) < 4.78 is 5.18. The van der Waals surface area contributed by atoms with Crippen molar-refractivity contribution in [1.29, 1.82) is 5.26 Å². The van der Waals surface area contributed by atoms with Crippen LogP contribution in [0.4, 0.5) is 4.79 Å². The number of nitrogens with zero attached hydrogens (tertiary/aromatic N) is 1. The second-order valence-electron chi connectivity index (χ2n) is 5.34. The number of ether oxygens (including phenoxy) is 1. The number of nitriles is 1. The molecule has 0 aliphatic heterocycles. The van der Waals surface area contributed by atoms with Gasteiger partial charge in [0.15, 0.2) is 0 Å². The second-order valence-corrected chi connectivity index (χ2v) is 5.34. The second kappa shape index (κ2) is 5.20. The average Bonchev–Trinajstić information content (AvgIpc) is 2.15. The molecule has 4 nitrogen and oxygen atoms in total. The highest BCUT2D eigenvalue weighted by Crippen LogP contribution is 2.23. The van der Waals surface area contributed by atoms with Crippen LogP contribution in [0.5, 0.6) is 0 Å². The molecule has 1 amide bonds. The number of carbonyl (C=O) groups is 1. The Balaban J connectivity index is 2.37. The van der Waals surface area contributed by atoms with E-state index in [1.807, 2.05) is 20.8 Å². The van der Waals surface area contributed by atoms with Gasteiger partial charge < -0.3 is 10.1 Å². The highest BCUT2D eigenvalue weighted by Gasteiger charge is 2.25. The summed E-state index contributed by atoms with van der Waals surface area (Å²) in [5.74, 6) is 0.0775. The van der Waals surface area contributed by atoms with Gasteiger partial charge in [-0.05, 0) is 40.0 Å². The lowest BCUT2D eigenvalue weighted by atomic mass is 9.87. The lowest BCUT2D eigenvalue weighted by Gasteiger charge is -2.27. The first kappa shape index (κ1) is 12.8. The van der Waals surface area contributed by atoms with Gasteiger partial charge in [0.05, 0.1) is 6.07 Å². The Morgan fingerprint density at radius 1 is 1.44 bits per heavy atom. The molecule has 4 heteroatoms. The average molecular weight is 224 g/mol. The van der Waals surface area contributed by atoms with E-state index in [0.717, 1.165) is 25.7 Å². The van der Waals surface area contributed by atoms with E-state index in [1.165, 1.54) is 0 Å². The molecule has 1 saturated carbocycles. The molecule has 1 aliphatic carbocycles. The lowest BCUT2D eigenvalue weighted by Crippen LogP contribution is -2.41. The molecule has 90 valence electrons. The number of hydrogen-bond acceptors (Lipinski definition) is 3. The number of rotatable bonds is 1. The Kier molecular flexibility index (Phi) is 4.17. The molecule has 2 atom stereocenters. The summed E-state index contributed by atoms with van der Waals surface area (Å²) in [5.41, 5.74) is -0.465. The van der Waals surface area contributed by atoms with E-state index in [9.17, 15) is 4.79 Å². The molecule has 0 bridgehead atoms. The van der Waals surface area contributed by atoms with Crippen LogP contribution in [0.25, 0.3) is 0 Å². The number of carbonyl (C=O) groups excluding carboxylic acids is 1. The van der Waals surface area contributed by atoms with Gasteiger partial charge in [-0.3, -0.25) is 0 Å². The molecule has 0 radical (unpaired) electrons. The van der Waals surface area contributed by atoms with Crippen LogP contribution in [0.2, 0.25) is 0 Å². The minimum atomic E-state index is -0.465. The third-order valence-corrected chi connectivity index (χ3v) is 2.58. The van der Waals surface area contributed by atoms with Gasteiger partial charge in [-0.15, -0.1) is 0 Å². The zero-order valence-electron chi connectivity index (χ0n) is 10.2. The first-order valence-electron chi connectivity index (χ1n) is 5.80. The monoisotopic (exact) mass is 224 g/mol. The van der Waals surface area contributed by atoms with E-state index in [0.29, 0.717) is 0 Å². The highest BCUT2D eigenvalue weighted by molar-refractivity contribution is 5.68. The predicted octanol–water partition coefficient (Wildman–Crippen LogP) is 2.59. The van der Waals surface area contributed by atoms with Crippen molar-refractivity contribution in [3.8, 4) is 6.07 Å². The maximum absolute atomic E-state index is 11.5. The van der Waals surface area contributed by atoms with Gasteiger partial charge in [-0.2, -0.15) is 5.26 Å². The Labute approximate surface area is 97.0 Å². The largest absolute Gasteiger partial charge is 0.444 e. The standard InChI is InChI=1S/C12H20N2O2/c1-12(2,3)16-11(15)14-10-6-4-5-9(7-10)8-13/h9-10H,4-7H2,1-3H3,(H,14,15). The Morgan fingerprint density at radius 2 is 2.12 bits per heavy atom. The zero-order chi connectivity index (χ0) is 12.2. The molecule has 2 unspecified atom stereocenters. The minimum Gasteiger partial charge on any atom is -0.444 e. The smallest absolute Gasteiger partial charge is 0.407 e. The molecule has 0 aromatic rings. The molecule has 1 aliphatic rings. The van der Waals surface area contributed by atoms with Crippen molar-refractivity contribution >= 4 is 6.09 Å². The predicted molar refractivity (Wildman–Crippen MR) is 60.7 cm³/mol. The summed E-state index contributed by atoms with van der Waals surface area (Å²) in [6.45, 7) is 5.52. The summed E-state index contributed by atoms with van der Waals surface area (Å²) in [6, 6.07) is 2.35. The Hall–Kier alpha value is -1.24. The Morgan fingerprint density at radius 3 is 2.69 bits per heavy atom. The van der Waals surface area contributed by atoms with Crippen molar-refractivity contribution in [1.82, 2.24) is 5.32 Å². The molecular formula is C12H20N2O2. The molecule has 0 heterocycles. The van der Waals surface area contributed by atoms with Crippen molar-refractivity contribution in [2.75, 3.05) is 0 Å². The van der Waals surface area contributed by atoms with Crippen molar-refractivity contribution in [3.05, 3.63) is 0 Å². The molecule has 1 fully saturated rings. The molecule has 0 spiro atoms. The van der Waals surface area contributed by atoms with Gasteiger partial charge in [0.25, 0.3) is 0 Å². The number of alkyl carbamates (subject to hydrolysis) is 1. The number of nitrogens with one attached hydrogen (secondary N) is 1. The minimum absolute atomic E-state index is 0.0775. The van der Waals surface area contributed by atoms with Crippen molar-refractivity contribution in [3.63, 3.8) is 0 Å². The molecule has 0 saturated heterocycles. The van der Waals surface area contributed by atoms with Gasteiger partial charge >= 0.3 is 6.09 Å². The fourth-order valence-corrected chi connectivity index (χ4v) is 1.91. The summed E-state index contributed by atoms with van der Waals surface area (Å²) in [5, 5.41) is 11.7. The Bertz CT molecular complexity index is 288. The van der Waals surface area contributed by atoms with E-state index in [4.69, 9.17) is 10.00 Å². The number of amides is 1. The van der Waals surface area contributed by atoms with Crippen LogP contribution in [-0.2, 0) is 4.74 Å². The third-order valence-electron chi connectivity index (χ3n) is 2.58. The number of hydrogen-bond donors (Lipinski definition) is 1. The SMILES string of the molecule is CC(C)(C)OC(=O)NC1CCCC(C#N)C1. The van der Waals surface area contributed by atoms with Crippen LogP contribution in [0, 0.1) is 17.2 Å². The highest BCUT2D eigenvalue weighted by atomic mass is 16.6. The first-order chi connectivity index (χ1) is 7.40. The van der Waals surface area contributed by atoms with Gasteiger partial charge in [-0.1, -0.05) is 6.42 Å². The van der Waals surface area contributed by atoms with Crippen LogP contribution >= 0.6 is 0 Å². The van der Waals surface area contributed by atoms with Gasteiger partial charge in [-0.25, -0.2) is 4.79 Å². The molecule has 0 aromatic carbocycles. The normalized spacial score (nSPS) is 25.6. The maximum Gasteiger partial charge on any atom is 0.407 e. The fraction of sp³-hybridized carbons (Fsp3) is 0.833. The summed E-state index contributed by atoms with van der Waals surface area (Å²) >= 11 is 0. The zero-order valence-corrected chi connectivity index (χ0v) is 10.2. The van der Waals surface area contributed by atoms with Crippen LogP contribution in [0.1, 0.15) is 46.5 Å². The van der Waals surface area contributed by atoms with Crippen molar-refractivity contribution < 1.29 is 9.53 Å². The van der Waals surface area contributed by atoms with Crippen molar-refractivity contribution in [2.24, 2.45) is 5.92 Å². The van der Waals surface area contributed by atoms with E-state index in [2.05, 4.69) is 11.4 Å². The molecule has 1 N–H and O–H groups in total. The summed E-state index contributed by atoms with van der Waals surface area (Å²) in [6.07, 6.45) is 3.26. The molecule has 1 rings (SSSR count). The summed E-state index contributed by atoms with van der Waals surface area (Å²) in [7, 11) is 0. The quantitative estimate of drug-likeness (QED) is 0.744. The first-order valence-corrected chi connectivity index (χ1v) is 5.80. The molecular weight excluding hydrogens is 204 g/mol. The fourth-order valence-electron chi connectivity index (χ4n) is 1.91.